The Bertz CT molecular complexity index is 1110. The van der Waals surface area contributed by atoms with Crippen LogP contribution in [0.2, 0.25) is 0 Å². The van der Waals surface area contributed by atoms with Gasteiger partial charge in [0.2, 0.25) is 0 Å². The molecule has 0 aliphatic heterocycles. The molecule has 0 saturated heterocycles. The minimum atomic E-state index is -1.02. The molecular weight excluding hydrogens is 418 g/mol. The van der Waals surface area contributed by atoms with Gasteiger partial charge in [-0.05, 0) is 65.3 Å². The number of amides is 1. The van der Waals surface area contributed by atoms with Crippen molar-refractivity contribution in [2.75, 3.05) is 12.0 Å². The summed E-state index contributed by atoms with van der Waals surface area (Å²) in [5, 5.41) is 12.2. The maximum Gasteiger partial charge on any atom is 0.326 e. The molecule has 2 N–H and O–H groups in total. The molecule has 1 unspecified atom stereocenters. The van der Waals surface area contributed by atoms with Gasteiger partial charge < -0.3 is 10.4 Å². The van der Waals surface area contributed by atoms with Gasteiger partial charge in [-0.3, -0.25) is 4.79 Å². The molecule has 3 aromatic rings. The molecule has 1 amide bonds. The summed E-state index contributed by atoms with van der Waals surface area (Å²) in [5.41, 5.74) is 5.29. The highest BCUT2D eigenvalue weighted by molar-refractivity contribution is 7.98. The summed E-state index contributed by atoms with van der Waals surface area (Å²) in [4.78, 5) is 24.7. The lowest BCUT2D eigenvalue weighted by atomic mass is 9.93. The molecule has 0 heterocycles. The summed E-state index contributed by atoms with van der Waals surface area (Å²) in [5.74, 6) is -0.743. The number of carbonyl (C=O) groups excluding carboxylic acids is 1. The predicted molar refractivity (Wildman–Crippen MR) is 134 cm³/mol. The molecule has 3 rings (SSSR count). The summed E-state index contributed by atoms with van der Waals surface area (Å²) in [7, 11) is 0. The molecule has 0 aliphatic rings. The Morgan fingerprint density at radius 3 is 2.31 bits per heavy atom. The molecule has 1 atom stereocenters. The molecule has 0 aliphatic carbocycles. The molecule has 4 nitrogen and oxygen atoms in total. The first-order valence-corrected chi connectivity index (χ1v) is 11.8. The van der Waals surface area contributed by atoms with Crippen molar-refractivity contribution >= 4 is 35.8 Å². The number of hydrogen-bond donors (Lipinski definition) is 2. The largest absolute Gasteiger partial charge is 0.480 e. The van der Waals surface area contributed by atoms with Crippen LogP contribution in [0.1, 0.15) is 33.5 Å². The zero-order valence-corrected chi connectivity index (χ0v) is 19.1. The zero-order chi connectivity index (χ0) is 22.9. The molecule has 3 aromatic carbocycles. The van der Waals surface area contributed by atoms with Crippen LogP contribution in [-0.4, -0.2) is 35.0 Å². The first-order valence-electron chi connectivity index (χ1n) is 10.5. The third-order valence-electron chi connectivity index (χ3n) is 5.21. The van der Waals surface area contributed by atoms with E-state index in [1.165, 1.54) is 0 Å². The number of aryl methyl sites for hydroxylation is 1. The van der Waals surface area contributed by atoms with Crippen LogP contribution in [0.25, 0.3) is 23.3 Å². The van der Waals surface area contributed by atoms with E-state index in [9.17, 15) is 14.7 Å². The molecular formula is C27H27NO3S. The van der Waals surface area contributed by atoms with Gasteiger partial charge in [0.15, 0.2) is 0 Å². The topological polar surface area (TPSA) is 66.4 Å². The number of hydrogen-bond acceptors (Lipinski definition) is 3. The number of benzene rings is 3. The fraction of sp³-hybridized carbons (Fsp3) is 0.185. The van der Waals surface area contributed by atoms with Crippen LogP contribution in [0.3, 0.4) is 0 Å². The van der Waals surface area contributed by atoms with Crippen LogP contribution >= 0.6 is 11.8 Å². The third kappa shape index (κ3) is 6.11. The van der Waals surface area contributed by atoms with Gasteiger partial charge in [0.05, 0.1) is 0 Å². The van der Waals surface area contributed by atoms with Gasteiger partial charge in [-0.2, -0.15) is 11.8 Å². The Balaban J connectivity index is 1.98. The second-order valence-corrected chi connectivity index (χ2v) is 8.50. The number of thioether (sulfide) groups is 1. The lowest BCUT2D eigenvalue weighted by Gasteiger charge is -2.17. The van der Waals surface area contributed by atoms with Crippen molar-refractivity contribution < 1.29 is 14.7 Å². The molecule has 32 heavy (non-hydrogen) atoms. The molecule has 164 valence electrons. The summed E-state index contributed by atoms with van der Waals surface area (Å²) in [6, 6.07) is 22.6. The third-order valence-corrected chi connectivity index (χ3v) is 5.85. The second kappa shape index (κ2) is 11.3. The molecule has 0 radical (unpaired) electrons. The van der Waals surface area contributed by atoms with E-state index in [2.05, 4.69) is 5.32 Å². The Hall–Kier alpha value is -3.31. The Morgan fingerprint density at radius 1 is 0.938 bits per heavy atom. The van der Waals surface area contributed by atoms with E-state index < -0.39 is 12.0 Å². The van der Waals surface area contributed by atoms with Crippen molar-refractivity contribution in [1.29, 1.82) is 0 Å². The zero-order valence-electron chi connectivity index (χ0n) is 18.2. The van der Waals surface area contributed by atoms with Gasteiger partial charge in [-0.1, -0.05) is 72.8 Å². The smallest absolute Gasteiger partial charge is 0.326 e. The van der Waals surface area contributed by atoms with Crippen molar-refractivity contribution in [2.24, 2.45) is 0 Å². The number of carboxylic acids is 1. The van der Waals surface area contributed by atoms with Crippen LogP contribution < -0.4 is 5.32 Å². The number of carbonyl (C=O) groups is 2. The van der Waals surface area contributed by atoms with Crippen molar-refractivity contribution in [3.8, 4) is 11.1 Å². The Morgan fingerprint density at radius 2 is 1.62 bits per heavy atom. The summed E-state index contributed by atoms with van der Waals surface area (Å²) in [6.45, 7) is 2.00. The average Bonchev–Trinajstić information content (AvgIpc) is 2.81. The fourth-order valence-electron chi connectivity index (χ4n) is 3.45. The number of aliphatic carboxylic acids is 1. The van der Waals surface area contributed by atoms with E-state index in [4.69, 9.17) is 0 Å². The van der Waals surface area contributed by atoms with Crippen LogP contribution in [0.15, 0.2) is 72.8 Å². The van der Waals surface area contributed by atoms with Gasteiger partial charge in [-0.25, -0.2) is 4.79 Å². The maximum atomic E-state index is 13.1. The predicted octanol–water partition coefficient (Wildman–Crippen LogP) is 5.77. The highest BCUT2D eigenvalue weighted by Crippen LogP contribution is 2.29. The van der Waals surface area contributed by atoms with Crippen molar-refractivity contribution in [2.45, 2.75) is 19.4 Å². The van der Waals surface area contributed by atoms with Crippen molar-refractivity contribution in [3.05, 3.63) is 95.1 Å². The van der Waals surface area contributed by atoms with E-state index in [1.807, 2.05) is 92.1 Å². The SMILES string of the molecule is CSCCC(NC(=O)c1ccc(/C=C/c2ccccc2)cc1-c1ccccc1C)C(=O)O. The molecule has 0 saturated carbocycles. The summed E-state index contributed by atoms with van der Waals surface area (Å²) < 4.78 is 0. The van der Waals surface area contributed by atoms with Gasteiger partial charge in [0, 0.05) is 5.56 Å². The van der Waals surface area contributed by atoms with Gasteiger partial charge >= 0.3 is 5.97 Å². The van der Waals surface area contributed by atoms with E-state index in [1.54, 1.807) is 17.8 Å². The summed E-state index contributed by atoms with van der Waals surface area (Å²) >= 11 is 1.56. The number of carboxylic acid groups (broad SMARTS) is 1. The van der Waals surface area contributed by atoms with Crippen LogP contribution in [0.5, 0.6) is 0 Å². The van der Waals surface area contributed by atoms with Crippen molar-refractivity contribution in [1.82, 2.24) is 5.32 Å². The summed E-state index contributed by atoms with van der Waals surface area (Å²) in [6.07, 6.45) is 6.33. The Kier molecular flexibility index (Phi) is 8.28. The normalized spacial score (nSPS) is 11.9. The first-order chi connectivity index (χ1) is 15.5. The minimum Gasteiger partial charge on any atom is -0.480 e. The van der Waals surface area contributed by atoms with Gasteiger partial charge in [-0.15, -0.1) is 0 Å². The van der Waals surface area contributed by atoms with Crippen molar-refractivity contribution in [3.63, 3.8) is 0 Å². The van der Waals surface area contributed by atoms with Crippen LogP contribution in [-0.2, 0) is 4.79 Å². The number of nitrogens with one attached hydrogen (secondary N) is 1. The number of rotatable bonds is 9. The second-order valence-electron chi connectivity index (χ2n) is 7.51. The maximum absolute atomic E-state index is 13.1. The van der Waals surface area contributed by atoms with Crippen LogP contribution in [0, 0.1) is 6.92 Å². The van der Waals surface area contributed by atoms with E-state index >= 15 is 0 Å². The molecule has 0 bridgehead atoms. The lowest BCUT2D eigenvalue weighted by molar-refractivity contribution is -0.139. The van der Waals surface area contributed by atoms with E-state index in [-0.39, 0.29) is 5.91 Å². The Labute approximate surface area is 193 Å². The highest BCUT2D eigenvalue weighted by Gasteiger charge is 2.22. The quantitative estimate of drug-likeness (QED) is 0.411. The molecule has 0 fully saturated rings. The molecule has 5 heteroatoms. The van der Waals surface area contributed by atoms with Crippen LogP contribution in [0.4, 0.5) is 0 Å². The monoisotopic (exact) mass is 445 g/mol. The van der Waals surface area contributed by atoms with E-state index in [0.717, 1.165) is 27.8 Å². The minimum absolute atomic E-state index is 0.375. The van der Waals surface area contributed by atoms with Gasteiger partial charge in [0.1, 0.15) is 6.04 Å². The average molecular weight is 446 g/mol. The standard InChI is InChI=1S/C27H27NO3S/c1-19-8-6-7-11-22(19)24-18-21(13-12-20-9-4-3-5-10-20)14-15-23(24)26(29)28-25(27(30)31)16-17-32-2/h3-15,18,25H,16-17H2,1-2H3,(H,28,29)(H,30,31)/b13-12+. The highest BCUT2D eigenvalue weighted by atomic mass is 32.2. The molecule has 0 spiro atoms. The first kappa shape index (κ1) is 23.4. The van der Waals surface area contributed by atoms with Gasteiger partial charge in [0.25, 0.3) is 5.91 Å². The lowest BCUT2D eigenvalue weighted by Crippen LogP contribution is -2.41. The fourth-order valence-corrected chi connectivity index (χ4v) is 3.92. The molecule has 0 aromatic heterocycles. The van der Waals surface area contributed by atoms with E-state index in [0.29, 0.717) is 17.7 Å².